The van der Waals surface area contributed by atoms with Crippen molar-refractivity contribution in [3.05, 3.63) is 65.7 Å². The van der Waals surface area contributed by atoms with E-state index in [1.165, 1.54) is 5.56 Å². The van der Waals surface area contributed by atoms with Gasteiger partial charge in [0.25, 0.3) is 0 Å². The van der Waals surface area contributed by atoms with Gasteiger partial charge < -0.3 is 9.84 Å². The molecule has 2 unspecified atom stereocenters. The second-order valence-corrected chi connectivity index (χ2v) is 9.66. The van der Waals surface area contributed by atoms with E-state index in [1.807, 2.05) is 30.3 Å². The van der Waals surface area contributed by atoms with Crippen LogP contribution < -0.4 is 4.74 Å². The van der Waals surface area contributed by atoms with Gasteiger partial charge in [-0.2, -0.15) is 0 Å². The molecule has 28 heavy (non-hydrogen) atoms. The van der Waals surface area contributed by atoms with Crippen molar-refractivity contribution in [2.24, 2.45) is 0 Å². The summed E-state index contributed by atoms with van der Waals surface area (Å²) >= 11 is 0. The van der Waals surface area contributed by atoms with E-state index in [4.69, 9.17) is 4.74 Å². The lowest BCUT2D eigenvalue weighted by molar-refractivity contribution is 0.0525. The smallest absolute Gasteiger partial charge is 0.151 e. The maximum absolute atomic E-state index is 12.0. The minimum absolute atomic E-state index is 0.0674. The van der Waals surface area contributed by atoms with Gasteiger partial charge >= 0.3 is 0 Å². The van der Waals surface area contributed by atoms with Crippen LogP contribution in [0.3, 0.4) is 0 Å². The lowest BCUT2D eigenvalue weighted by Gasteiger charge is -2.30. The Bertz CT molecular complexity index is 837. The van der Waals surface area contributed by atoms with Crippen LogP contribution in [0.25, 0.3) is 0 Å². The number of aryl methyl sites for hydroxylation is 1. The molecule has 0 aromatic heterocycles. The van der Waals surface area contributed by atoms with Crippen LogP contribution in [-0.4, -0.2) is 55.2 Å². The maximum Gasteiger partial charge on any atom is 0.151 e. The zero-order chi connectivity index (χ0) is 20.0. The maximum atomic E-state index is 12.0. The summed E-state index contributed by atoms with van der Waals surface area (Å²) in [6.45, 7) is 3.29. The topological polar surface area (TPSA) is 66.8 Å². The first-order valence-electron chi connectivity index (χ1n) is 9.83. The van der Waals surface area contributed by atoms with Crippen molar-refractivity contribution in [1.29, 1.82) is 0 Å². The molecule has 152 valence electrons. The minimum Gasteiger partial charge on any atom is -0.491 e. The van der Waals surface area contributed by atoms with E-state index in [1.54, 1.807) is 0 Å². The van der Waals surface area contributed by atoms with Gasteiger partial charge in [0.2, 0.25) is 0 Å². The lowest BCUT2D eigenvalue weighted by atomic mass is 10.1. The summed E-state index contributed by atoms with van der Waals surface area (Å²) < 4.78 is 29.6. The number of hydrogen-bond acceptors (Lipinski definition) is 5. The molecule has 5 nitrogen and oxygen atoms in total. The summed E-state index contributed by atoms with van der Waals surface area (Å²) in [5.41, 5.74) is 2.40. The fourth-order valence-corrected chi connectivity index (χ4v) is 5.32. The highest BCUT2D eigenvalue weighted by Gasteiger charge is 2.33. The van der Waals surface area contributed by atoms with Gasteiger partial charge in [0.1, 0.15) is 18.5 Å². The molecule has 0 bridgehead atoms. The molecule has 1 saturated heterocycles. The lowest BCUT2D eigenvalue weighted by Crippen LogP contribution is -2.42. The molecule has 3 rings (SSSR count). The van der Waals surface area contributed by atoms with Crippen molar-refractivity contribution in [3.8, 4) is 5.75 Å². The number of sulfone groups is 1. The second-order valence-electron chi connectivity index (χ2n) is 7.43. The van der Waals surface area contributed by atoms with Crippen LogP contribution in [0.2, 0.25) is 0 Å². The van der Waals surface area contributed by atoms with E-state index >= 15 is 0 Å². The Balaban J connectivity index is 1.64. The van der Waals surface area contributed by atoms with Crippen molar-refractivity contribution in [1.82, 2.24) is 4.90 Å². The highest BCUT2D eigenvalue weighted by molar-refractivity contribution is 7.91. The normalized spacial score (nSPS) is 19.6. The fraction of sp³-hybridized carbons (Fsp3) is 0.455. The number of benzene rings is 2. The predicted molar refractivity (Wildman–Crippen MR) is 111 cm³/mol. The first-order valence-corrected chi connectivity index (χ1v) is 11.7. The van der Waals surface area contributed by atoms with Gasteiger partial charge in [0.15, 0.2) is 9.84 Å². The Morgan fingerprint density at radius 3 is 2.39 bits per heavy atom. The van der Waals surface area contributed by atoms with E-state index in [0.29, 0.717) is 25.3 Å². The molecule has 0 aliphatic carbocycles. The molecule has 2 aromatic rings. The van der Waals surface area contributed by atoms with Gasteiger partial charge in [-0.1, -0.05) is 49.4 Å². The molecule has 1 aliphatic rings. The molecule has 1 fully saturated rings. The summed E-state index contributed by atoms with van der Waals surface area (Å²) in [6.07, 6.45) is 0.903. The molecule has 1 N–H and O–H groups in total. The van der Waals surface area contributed by atoms with E-state index in [-0.39, 0.29) is 24.2 Å². The number of aliphatic hydroxyl groups excluding tert-OH is 1. The quantitative estimate of drug-likeness (QED) is 0.697. The van der Waals surface area contributed by atoms with E-state index < -0.39 is 15.9 Å². The van der Waals surface area contributed by atoms with Crippen LogP contribution in [0.15, 0.2) is 54.6 Å². The molecular weight excluding hydrogens is 374 g/mol. The summed E-state index contributed by atoms with van der Waals surface area (Å²) in [5, 5.41) is 10.5. The summed E-state index contributed by atoms with van der Waals surface area (Å²) in [7, 11) is -2.99. The molecule has 0 spiro atoms. The Morgan fingerprint density at radius 2 is 1.79 bits per heavy atom. The number of ether oxygens (including phenoxy) is 1. The van der Waals surface area contributed by atoms with Gasteiger partial charge in [-0.05, 0) is 36.1 Å². The first kappa shape index (κ1) is 20.8. The van der Waals surface area contributed by atoms with E-state index in [2.05, 4.69) is 36.1 Å². The molecule has 1 aliphatic heterocycles. The number of aliphatic hydroxyl groups is 1. The van der Waals surface area contributed by atoms with Crippen molar-refractivity contribution in [2.75, 3.05) is 24.7 Å². The Kier molecular flexibility index (Phi) is 7.10. The summed E-state index contributed by atoms with van der Waals surface area (Å²) in [5.74, 6) is 1.10. The minimum atomic E-state index is -2.99. The van der Waals surface area contributed by atoms with Crippen LogP contribution in [0.5, 0.6) is 5.75 Å². The second kappa shape index (κ2) is 9.54. The molecular formula is C22H29NO4S. The number of nitrogens with zero attached hydrogens (tertiary/aromatic N) is 1. The molecule has 2 atom stereocenters. The van der Waals surface area contributed by atoms with Crippen LogP contribution in [0.1, 0.15) is 24.5 Å². The van der Waals surface area contributed by atoms with Gasteiger partial charge in [-0.3, -0.25) is 4.90 Å². The van der Waals surface area contributed by atoms with Crippen LogP contribution in [-0.2, 0) is 22.8 Å². The first-order chi connectivity index (χ1) is 13.4. The standard InChI is InChI=1S/C22H29NO4S/c1-2-18-8-10-19(11-9-18)14-23(20-12-13-28(25,26)17-20)15-21(24)16-27-22-6-4-3-5-7-22/h3-11,20-21,24H,2,12-17H2,1H3. The molecule has 2 aromatic carbocycles. The molecule has 0 saturated carbocycles. The van der Waals surface area contributed by atoms with Gasteiger partial charge in [-0.15, -0.1) is 0 Å². The summed E-state index contributed by atoms with van der Waals surface area (Å²) in [4.78, 5) is 2.09. The highest BCUT2D eigenvalue weighted by Crippen LogP contribution is 2.21. The Labute approximate surface area is 167 Å². The third-order valence-electron chi connectivity index (χ3n) is 5.17. The van der Waals surface area contributed by atoms with Crippen molar-refractivity contribution in [2.45, 2.75) is 38.5 Å². The van der Waals surface area contributed by atoms with E-state index in [0.717, 1.165) is 12.0 Å². The molecule has 0 radical (unpaired) electrons. The van der Waals surface area contributed by atoms with Gasteiger partial charge in [0.05, 0.1) is 11.5 Å². The molecule has 0 amide bonds. The SMILES string of the molecule is CCc1ccc(CN(CC(O)COc2ccccc2)C2CCS(=O)(=O)C2)cc1. The third-order valence-corrected chi connectivity index (χ3v) is 6.92. The Hall–Kier alpha value is -1.89. The zero-order valence-electron chi connectivity index (χ0n) is 16.3. The predicted octanol–water partition coefficient (Wildman–Crippen LogP) is 2.68. The monoisotopic (exact) mass is 403 g/mol. The largest absolute Gasteiger partial charge is 0.491 e. The summed E-state index contributed by atoms with van der Waals surface area (Å²) in [6, 6.07) is 17.7. The number of rotatable bonds is 9. The van der Waals surface area contributed by atoms with Crippen molar-refractivity contribution < 1.29 is 18.3 Å². The number of hydrogen-bond donors (Lipinski definition) is 1. The average Bonchev–Trinajstić information content (AvgIpc) is 3.07. The fourth-order valence-electron chi connectivity index (χ4n) is 3.55. The number of para-hydroxylation sites is 1. The van der Waals surface area contributed by atoms with Crippen molar-refractivity contribution >= 4 is 9.84 Å². The van der Waals surface area contributed by atoms with Crippen LogP contribution in [0, 0.1) is 0 Å². The van der Waals surface area contributed by atoms with Crippen molar-refractivity contribution in [3.63, 3.8) is 0 Å². The van der Waals surface area contributed by atoms with Gasteiger partial charge in [0, 0.05) is 19.1 Å². The van der Waals surface area contributed by atoms with Gasteiger partial charge in [-0.25, -0.2) is 8.42 Å². The van der Waals surface area contributed by atoms with Crippen LogP contribution in [0.4, 0.5) is 0 Å². The highest BCUT2D eigenvalue weighted by atomic mass is 32.2. The third kappa shape index (κ3) is 6.06. The molecule has 1 heterocycles. The zero-order valence-corrected chi connectivity index (χ0v) is 17.1. The van der Waals surface area contributed by atoms with E-state index in [9.17, 15) is 13.5 Å². The average molecular weight is 404 g/mol. The Morgan fingerprint density at radius 1 is 1.11 bits per heavy atom. The molecule has 6 heteroatoms. The van der Waals surface area contributed by atoms with Crippen LogP contribution >= 0.6 is 0 Å².